The molecule has 1 aliphatic carbocycles. The van der Waals surface area contributed by atoms with Gasteiger partial charge >= 0.3 is 5.97 Å². The second-order valence-electron chi connectivity index (χ2n) is 5.94. The van der Waals surface area contributed by atoms with Gasteiger partial charge in [0.25, 0.3) is 5.91 Å². The van der Waals surface area contributed by atoms with Crippen LogP contribution in [0.2, 0.25) is 0 Å². The van der Waals surface area contributed by atoms with E-state index in [1.165, 1.54) is 30.4 Å². The molecule has 0 saturated carbocycles. The van der Waals surface area contributed by atoms with E-state index in [1.54, 1.807) is 0 Å². The molecule has 0 spiro atoms. The standard InChI is InChI=1S/C19H18N2O6/c22-15-7-13(8-20-18(15)19(25)21-9-17(23)24)16-11-26-10-14(27-16)6-12-4-2-1-3-5-12/h1-2,4,7-8,10-11,22H,3,5-6,9H2,(H,21,25)(H,23,24). The molecule has 0 atom stereocenters. The summed E-state index contributed by atoms with van der Waals surface area (Å²) in [6.07, 6.45) is 12.9. The van der Waals surface area contributed by atoms with Crippen molar-refractivity contribution in [2.75, 3.05) is 6.54 Å². The number of hydrogen-bond donors (Lipinski definition) is 3. The van der Waals surface area contributed by atoms with Crippen molar-refractivity contribution in [3.05, 3.63) is 65.6 Å². The van der Waals surface area contributed by atoms with Crippen molar-refractivity contribution in [3.8, 4) is 5.75 Å². The fourth-order valence-corrected chi connectivity index (χ4v) is 2.59. The second-order valence-corrected chi connectivity index (χ2v) is 5.94. The van der Waals surface area contributed by atoms with Crippen LogP contribution in [0.15, 0.2) is 54.3 Å². The van der Waals surface area contributed by atoms with Crippen LogP contribution < -0.4 is 5.32 Å². The van der Waals surface area contributed by atoms with Crippen LogP contribution in [-0.2, 0) is 14.3 Å². The lowest BCUT2D eigenvalue weighted by Gasteiger charge is -2.18. The third-order valence-corrected chi connectivity index (χ3v) is 3.88. The van der Waals surface area contributed by atoms with Gasteiger partial charge in [0, 0.05) is 18.2 Å². The zero-order valence-electron chi connectivity index (χ0n) is 14.3. The Balaban J connectivity index is 1.67. The first kappa shape index (κ1) is 18.2. The molecule has 0 radical (unpaired) electrons. The number of nitrogens with one attached hydrogen (secondary N) is 1. The van der Waals surface area contributed by atoms with Gasteiger partial charge < -0.3 is 25.0 Å². The van der Waals surface area contributed by atoms with E-state index in [1.807, 2.05) is 12.2 Å². The summed E-state index contributed by atoms with van der Waals surface area (Å²) in [6, 6.07) is 1.31. The average molecular weight is 370 g/mol. The minimum absolute atomic E-state index is 0.271. The molecule has 0 saturated heterocycles. The predicted molar refractivity (Wildman–Crippen MR) is 95.2 cm³/mol. The summed E-state index contributed by atoms with van der Waals surface area (Å²) in [7, 11) is 0. The fraction of sp³-hybridized carbons (Fsp3) is 0.211. The summed E-state index contributed by atoms with van der Waals surface area (Å²) < 4.78 is 11.1. The highest BCUT2D eigenvalue weighted by molar-refractivity contribution is 5.96. The topological polar surface area (TPSA) is 118 Å². The van der Waals surface area contributed by atoms with E-state index in [-0.39, 0.29) is 5.69 Å². The summed E-state index contributed by atoms with van der Waals surface area (Å²) >= 11 is 0. The molecular weight excluding hydrogens is 352 g/mol. The van der Waals surface area contributed by atoms with Gasteiger partial charge in [-0.3, -0.25) is 9.59 Å². The fourth-order valence-electron chi connectivity index (χ4n) is 2.59. The van der Waals surface area contributed by atoms with Gasteiger partial charge in [-0.1, -0.05) is 23.8 Å². The monoisotopic (exact) mass is 370 g/mol. The molecule has 27 heavy (non-hydrogen) atoms. The van der Waals surface area contributed by atoms with Crippen molar-refractivity contribution in [2.24, 2.45) is 0 Å². The quantitative estimate of drug-likeness (QED) is 0.704. The minimum Gasteiger partial charge on any atom is -0.505 e. The van der Waals surface area contributed by atoms with E-state index in [0.29, 0.717) is 23.5 Å². The number of carbonyl (C=O) groups is 2. The summed E-state index contributed by atoms with van der Waals surface area (Å²) in [4.78, 5) is 26.2. The number of aromatic nitrogens is 1. The summed E-state index contributed by atoms with van der Waals surface area (Å²) in [6.45, 7) is -0.566. The van der Waals surface area contributed by atoms with Gasteiger partial charge in [0.1, 0.15) is 30.6 Å². The van der Waals surface area contributed by atoms with Crippen molar-refractivity contribution in [1.82, 2.24) is 10.3 Å². The maximum absolute atomic E-state index is 11.8. The molecule has 1 aromatic heterocycles. The Bertz CT molecular complexity index is 882. The molecule has 8 nitrogen and oxygen atoms in total. The van der Waals surface area contributed by atoms with Gasteiger partial charge in [0.05, 0.1) is 0 Å². The molecule has 0 aromatic carbocycles. The molecular formula is C19H18N2O6. The van der Waals surface area contributed by atoms with Crippen LogP contribution in [0.5, 0.6) is 5.75 Å². The van der Waals surface area contributed by atoms with Crippen molar-refractivity contribution in [3.63, 3.8) is 0 Å². The van der Waals surface area contributed by atoms with Crippen molar-refractivity contribution >= 4 is 17.6 Å². The number of allylic oxidation sites excluding steroid dienone is 4. The van der Waals surface area contributed by atoms with Gasteiger partial charge in [-0.15, -0.1) is 0 Å². The molecule has 1 aliphatic heterocycles. The highest BCUT2D eigenvalue weighted by Gasteiger charge is 2.19. The van der Waals surface area contributed by atoms with Crippen LogP contribution in [0.25, 0.3) is 5.76 Å². The Hall–Kier alpha value is -3.55. The van der Waals surface area contributed by atoms with E-state index < -0.39 is 24.2 Å². The van der Waals surface area contributed by atoms with Crippen LogP contribution in [0, 0.1) is 0 Å². The highest BCUT2D eigenvalue weighted by atomic mass is 16.5. The van der Waals surface area contributed by atoms with Crippen molar-refractivity contribution in [2.45, 2.75) is 19.3 Å². The van der Waals surface area contributed by atoms with Crippen LogP contribution >= 0.6 is 0 Å². The normalized spacial score (nSPS) is 15.6. The second kappa shape index (κ2) is 8.22. The Morgan fingerprint density at radius 2 is 2.15 bits per heavy atom. The summed E-state index contributed by atoms with van der Waals surface area (Å²) in [5.74, 6) is -1.40. The lowest BCUT2D eigenvalue weighted by Crippen LogP contribution is -2.29. The maximum Gasteiger partial charge on any atom is 0.322 e. The number of amides is 1. The highest BCUT2D eigenvalue weighted by Crippen LogP contribution is 2.30. The van der Waals surface area contributed by atoms with Gasteiger partial charge in [0.2, 0.25) is 0 Å². The molecule has 1 amide bonds. The number of carboxylic acids is 1. The molecule has 1 aromatic rings. The third kappa shape index (κ3) is 4.75. The number of nitrogens with zero attached hydrogens (tertiary/aromatic N) is 1. The third-order valence-electron chi connectivity index (χ3n) is 3.88. The van der Waals surface area contributed by atoms with E-state index in [4.69, 9.17) is 14.6 Å². The molecule has 3 rings (SSSR count). The maximum atomic E-state index is 11.8. The number of pyridine rings is 1. The molecule has 8 heteroatoms. The number of rotatable bonds is 6. The Morgan fingerprint density at radius 3 is 2.85 bits per heavy atom. The summed E-state index contributed by atoms with van der Waals surface area (Å²) in [5, 5.41) is 20.8. The van der Waals surface area contributed by atoms with E-state index in [0.717, 1.165) is 12.8 Å². The first-order chi connectivity index (χ1) is 13.0. The smallest absolute Gasteiger partial charge is 0.322 e. The molecule has 0 unspecified atom stereocenters. The zero-order valence-corrected chi connectivity index (χ0v) is 14.3. The molecule has 0 bridgehead atoms. The van der Waals surface area contributed by atoms with E-state index in [2.05, 4.69) is 16.4 Å². The minimum atomic E-state index is -1.19. The molecule has 3 N–H and O–H groups in total. The zero-order chi connectivity index (χ0) is 19.2. The SMILES string of the molecule is O=C(O)CNC(=O)c1ncc(C2=COC=C(CC3=CC=CCC3)O2)cc1O. The van der Waals surface area contributed by atoms with Crippen LogP contribution in [0.3, 0.4) is 0 Å². The number of hydrogen-bond acceptors (Lipinski definition) is 6. The first-order valence-corrected chi connectivity index (χ1v) is 8.29. The van der Waals surface area contributed by atoms with E-state index in [9.17, 15) is 14.7 Å². The number of ether oxygens (including phenoxy) is 2. The number of aliphatic carboxylic acids is 1. The first-order valence-electron chi connectivity index (χ1n) is 8.29. The number of aromatic hydroxyl groups is 1. The van der Waals surface area contributed by atoms with Gasteiger partial charge in [-0.2, -0.15) is 0 Å². The predicted octanol–water partition coefficient (Wildman–Crippen LogP) is 2.45. The molecule has 0 fully saturated rings. The molecule has 140 valence electrons. The van der Waals surface area contributed by atoms with Crippen LogP contribution in [0.4, 0.5) is 0 Å². The van der Waals surface area contributed by atoms with Crippen LogP contribution in [0.1, 0.15) is 35.3 Å². The number of carboxylic acid groups (broad SMARTS) is 1. The number of carbonyl (C=O) groups excluding carboxylic acids is 1. The molecule has 2 aliphatic rings. The Labute approximate surface area is 155 Å². The van der Waals surface area contributed by atoms with Crippen molar-refractivity contribution in [1.29, 1.82) is 0 Å². The van der Waals surface area contributed by atoms with Gasteiger partial charge in [-0.05, 0) is 18.9 Å². The van der Waals surface area contributed by atoms with Crippen molar-refractivity contribution < 1.29 is 29.3 Å². The Kier molecular flexibility index (Phi) is 5.55. The van der Waals surface area contributed by atoms with Crippen LogP contribution in [-0.4, -0.2) is 33.6 Å². The summed E-state index contributed by atoms with van der Waals surface area (Å²) in [5.41, 5.74) is 1.37. The lowest BCUT2D eigenvalue weighted by molar-refractivity contribution is -0.135. The van der Waals surface area contributed by atoms with Gasteiger partial charge in [0.15, 0.2) is 11.5 Å². The van der Waals surface area contributed by atoms with Gasteiger partial charge in [-0.25, -0.2) is 4.98 Å². The van der Waals surface area contributed by atoms with E-state index >= 15 is 0 Å². The lowest BCUT2D eigenvalue weighted by atomic mass is 10.0. The Morgan fingerprint density at radius 1 is 1.30 bits per heavy atom. The molecule has 2 heterocycles. The average Bonchev–Trinajstić information content (AvgIpc) is 2.67. The largest absolute Gasteiger partial charge is 0.505 e.